The zero-order valence-corrected chi connectivity index (χ0v) is 7.59. The lowest BCUT2D eigenvalue weighted by Crippen LogP contribution is -2.15. The van der Waals surface area contributed by atoms with Gasteiger partial charge in [-0.1, -0.05) is 0 Å². The summed E-state index contributed by atoms with van der Waals surface area (Å²) in [4.78, 5) is 9.90. The van der Waals surface area contributed by atoms with E-state index in [0.29, 0.717) is 6.54 Å². The van der Waals surface area contributed by atoms with Crippen molar-refractivity contribution in [3.63, 3.8) is 0 Å². The molecule has 1 aliphatic carbocycles. The van der Waals surface area contributed by atoms with Gasteiger partial charge in [0, 0.05) is 12.0 Å². The van der Waals surface area contributed by atoms with Gasteiger partial charge in [0.1, 0.15) is 12.4 Å². The standard InChI is InChI=1S/C8H11N3O3/c12-6-8(1-2-8)5-10-4-7(3-9-10)11(13)14/h3-4,12H,1-2,5-6H2. The van der Waals surface area contributed by atoms with Gasteiger partial charge in [0.2, 0.25) is 0 Å². The van der Waals surface area contributed by atoms with Crippen LogP contribution in [0, 0.1) is 15.5 Å². The average molecular weight is 197 g/mol. The van der Waals surface area contributed by atoms with Crippen LogP contribution in [0.1, 0.15) is 12.8 Å². The highest BCUT2D eigenvalue weighted by Crippen LogP contribution is 2.46. The Morgan fingerprint density at radius 2 is 2.43 bits per heavy atom. The molecule has 14 heavy (non-hydrogen) atoms. The summed E-state index contributed by atoms with van der Waals surface area (Å²) in [5.74, 6) is 0. The summed E-state index contributed by atoms with van der Waals surface area (Å²) in [5, 5.41) is 23.3. The number of aromatic nitrogens is 2. The van der Waals surface area contributed by atoms with Gasteiger partial charge in [-0.25, -0.2) is 0 Å². The average Bonchev–Trinajstić information content (AvgIpc) is 2.75. The Bertz CT molecular complexity index is 356. The van der Waals surface area contributed by atoms with Crippen molar-refractivity contribution in [2.45, 2.75) is 19.4 Å². The molecule has 1 heterocycles. The van der Waals surface area contributed by atoms with Crippen LogP contribution in [0.2, 0.25) is 0 Å². The first-order valence-corrected chi connectivity index (χ1v) is 4.43. The summed E-state index contributed by atoms with van der Waals surface area (Å²) in [6, 6.07) is 0. The molecule has 0 spiro atoms. The van der Waals surface area contributed by atoms with E-state index in [2.05, 4.69) is 5.10 Å². The van der Waals surface area contributed by atoms with E-state index in [9.17, 15) is 10.1 Å². The first-order chi connectivity index (χ1) is 6.65. The number of nitro groups is 1. The molecule has 1 saturated carbocycles. The van der Waals surface area contributed by atoms with Gasteiger partial charge >= 0.3 is 5.69 Å². The summed E-state index contributed by atoms with van der Waals surface area (Å²) < 4.78 is 1.53. The fourth-order valence-corrected chi connectivity index (χ4v) is 1.42. The van der Waals surface area contributed by atoms with Crippen molar-refractivity contribution >= 4 is 5.69 Å². The minimum absolute atomic E-state index is 0.00117. The third-order valence-corrected chi connectivity index (χ3v) is 2.62. The molecule has 0 unspecified atom stereocenters. The fourth-order valence-electron chi connectivity index (χ4n) is 1.42. The molecule has 0 atom stereocenters. The second kappa shape index (κ2) is 3.06. The van der Waals surface area contributed by atoms with Crippen molar-refractivity contribution in [2.75, 3.05) is 6.61 Å². The number of hydrogen-bond donors (Lipinski definition) is 1. The van der Waals surface area contributed by atoms with Crippen molar-refractivity contribution < 1.29 is 10.0 Å². The molecule has 1 aromatic heterocycles. The molecule has 1 aromatic rings. The molecule has 1 aliphatic rings. The second-order valence-corrected chi connectivity index (χ2v) is 3.81. The van der Waals surface area contributed by atoms with Gasteiger partial charge in [0.05, 0.1) is 11.5 Å². The Morgan fingerprint density at radius 1 is 1.71 bits per heavy atom. The predicted octanol–water partition coefficient (Wildman–Crippen LogP) is 0.564. The molecule has 1 fully saturated rings. The lowest BCUT2D eigenvalue weighted by atomic mass is 10.1. The maximum absolute atomic E-state index is 10.4. The first-order valence-electron chi connectivity index (χ1n) is 4.43. The van der Waals surface area contributed by atoms with Gasteiger partial charge in [-0.15, -0.1) is 0 Å². The van der Waals surface area contributed by atoms with Crippen LogP contribution >= 0.6 is 0 Å². The van der Waals surface area contributed by atoms with Crippen molar-refractivity contribution in [1.29, 1.82) is 0 Å². The lowest BCUT2D eigenvalue weighted by Gasteiger charge is -2.09. The SMILES string of the molecule is O=[N+]([O-])c1cnn(CC2(CO)CC2)c1. The van der Waals surface area contributed by atoms with Crippen molar-refractivity contribution in [3.8, 4) is 0 Å². The van der Waals surface area contributed by atoms with Gasteiger partial charge in [-0.3, -0.25) is 14.8 Å². The molecule has 0 aromatic carbocycles. The van der Waals surface area contributed by atoms with Crippen LogP contribution in [-0.2, 0) is 6.54 Å². The summed E-state index contributed by atoms with van der Waals surface area (Å²) in [7, 11) is 0. The Labute approximate surface area is 80.3 Å². The third-order valence-electron chi connectivity index (χ3n) is 2.62. The first kappa shape index (κ1) is 9.14. The monoisotopic (exact) mass is 197 g/mol. The predicted molar refractivity (Wildman–Crippen MR) is 47.6 cm³/mol. The van der Waals surface area contributed by atoms with E-state index in [4.69, 9.17) is 5.11 Å². The summed E-state index contributed by atoms with van der Waals surface area (Å²) in [5.41, 5.74) is -0.0707. The quantitative estimate of drug-likeness (QED) is 0.565. The maximum atomic E-state index is 10.4. The molecule has 76 valence electrons. The minimum Gasteiger partial charge on any atom is -0.396 e. The van der Waals surface area contributed by atoms with E-state index in [1.54, 1.807) is 0 Å². The Morgan fingerprint density at radius 3 is 2.86 bits per heavy atom. The van der Waals surface area contributed by atoms with E-state index in [0.717, 1.165) is 12.8 Å². The molecule has 0 radical (unpaired) electrons. The minimum atomic E-state index is -0.470. The number of hydrogen-bond acceptors (Lipinski definition) is 4. The zero-order chi connectivity index (χ0) is 10.2. The Balaban J connectivity index is 2.07. The smallest absolute Gasteiger partial charge is 0.306 e. The van der Waals surface area contributed by atoms with E-state index >= 15 is 0 Å². The van der Waals surface area contributed by atoms with Gasteiger partial charge in [0.15, 0.2) is 0 Å². The highest BCUT2D eigenvalue weighted by atomic mass is 16.6. The molecule has 0 saturated heterocycles. The van der Waals surface area contributed by atoms with Gasteiger partial charge < -0.3 is 5.11 Å². The molecule has 2 rings (SSSR count). The van der Waals surface area contributed by atoms with Crippen LogP contribution in [0.4, 0.5) is 5.69 Å². The topological polar surface area (TPSA) is 81.2 Å². The summed E-state index contributed by atoms with van der Waals surface area (Å²) in [6.45, 7) is 0.692. The van der Waals surface area contributed by atoms with E-state index in [1.807, 2.05) is 0 Å². The van der Waals surface area contributed by atoms with Gasteiger partial charge in [0.25, 0.3) is 0 Å². The molecule has 0 aliphatic heterocycles. The van der Waals surface area contributed by atoms with Crippen molar-refractivity contribution in [2.24, 2.45) is 5.41 Å². The highest BCUT2D eigenvalue weighted by molar-refractivity contribution is 5.20. The molecule has 1 N–H and O–H groups in total. The molecule has 0 bridgehead atoms. The number of nitrogens with zero attached hydrogens (tertiary/aromatic N) is 3. The maximum Gasteiger partial charge on any atom is 0.306 e. The molecular weight excluding hydrogens is 186 g/mol. The largest absolute Gasteiger partial charge is 0.396 e. The summed E-state index contributed by atoms with van der Waals surface area (Å²) >= 11 is 0. The van der Waals surface area contributed by atoms with Crippen LogP contribution < -0.4 is 0 Å². The number of rotatable bonds is 4. The fraction of sp³-hybridized carbons (Fsp3) is 0.625. The normalized spacial score (nSPS) is 18.1. The van der Waals surface area contributed by atoms with Crippen LogP contribution in [0.3, 0.4) is 0 Å². The number of aliphatic hydroxyl groups excluding tert-OH is 1. The molecular formula is C8H11N3O3. The van der Waals surface area contributed by atoms with Crippen LogP contribution in [0.25, 0.3) is 0 Å². The van der Waals surface area contributed by atoms with Crippen molar-refractivity contribution in [1.82, 2.24) is 9.78 Å². The summed E-state index contributed by atoms with van der Waals surface area (Å²) in [6.07, 6.45) is 4.57. The van der Waals surface area contributed by atoms with E-state index in [-0.39, 0.29) is 17.7 Å². The highest BCUT2D eigenvalue weighted by Gasteiger charge is 2.42. The Hall–Kier alpha value is -1.43. The van der Waals surface area contributed by atoms with E-state index < -0.39 is 4.92 Å². The molecule has 6 nitrogen and oxygen atoms in total. The lowest BCUT2D eigenvalue weighted by molar-refractivity contribution is -0.385. The third kappa shape index (κ3) is 1.60. The zero-order valence-electron chi connectivity index (χ0n) is 7.59. The molecule has 0 amide bonds. The van der Waals surface area contributed by atoms with Crippen molar-refractivity contribution in [3.05, 3.63) is 22.5 Å². The van der Waals surface area contributed by atoms with Gasteiger partial charge in [-0.05, 0) is 12.8 Å². The number of aliphatic hydroxyl groups is 1. The van der Waals surface area contributed by atoms with E-state index in [1.165, 1.54) is 17.1 Å². The van der Waals surface area contributed by atoms with Crippen LogP contribution in [0.5, 0.6) is 0 Å². The van der Waals surface area contributed by atoms with Crippen LogP contribution in [-0.4, -0.2) is 26.4 Å². The second-order valence-electron chi connectivity index (χ2n) is 3.81. The molecule has 6 heteroatoms. The Kier molecular flexibility index (Phi) is 1.99. The van der Waals surface area contributed by atoms with Gasteiger partial charge in [-0.2, -0.15) is 5.10 Å². The van der Waals surface area contributed by atoms with Crippen LogP contribution in [0.15, 0.2) is 12.4 Å².